The number of fused-ring (bicyclic) bond motifs is 1. The lowest BCUT2D eigenvalue weighted by atomic mass is 10.2. The number of carbonyl (C=O) groups is 1. The fourth-order valence-electron chi connectivity index (χ4n) is 2.20. The first-order valence-electron chi connectivity index (χ1n) is 7.19. The van der Waals surface area contributed by atoms with Crippen molar-refractivity contribution >= 4 is 40.0 Å². The molecule has 0 unspecified atom stereocenters. The van der Waals surface area contributed by atoms with Crippen molar-refractivity contribution < 1.29 is 9.53 Å². The van der Waals surface area contributed by atoms with E-state index in [1.54, 1.807) is 6.07 Å². The van der Waals surface area contributed by atoms with Gasteiger partial charge in [-0.1, -0.05) is 23.2 Å². The molecular weight excluding hydrogens is 323 g/mol. The number of pyridine rings is 1. The van der Waals surface area contributed by atoms with Crippen LogP contribution in [-0.2, 0) is 4.79 Å². The second-order valence-corrected chi connectivity index (χ2v) is 6.37. The number of halogens is 2. The first-order chi connectivity index (χ1) is 10.5. The van der Waals surface area contributed by atoms with Crippen molar-refractivity contribution in [1.29, 1.82) is 0 Å². The summed E-state index contributed by atoms with van der Waals surface area (Å²) < 4.78 is 5.61. The summed E-state index contributed by atoms with van der Waals surface area (Å²) in [4.78, 5) is 16.2. The molecule has 0 saturated heterocycles. The summed E-state index contributed by atoms with van der Waals surface area (Å²) in [5, 5.41) is 4.47. The van der Waals surface area contributed by atoms with Crippen LogP contribution in [0.5, 0.6) is 5.75 Å². The van der Waals surface area contributed by atoms with Gasteiger partial charge in [0.05, 0.1) is 10.0 Å². The molecular formula is C16H16Cl2N2O2. The maximum atomic E-state index is 11.8. The largest absolute Gasteiger partial charge is 0.480 e. The molecule has 1 aliphatic carbocycles. The van der Waals surface area contributed by atoms with Crippen LogP contribution in [0.25, 0.3) is 10.9 Å². The molecule has 1 saturated carbocycles. The average molecular weight is 339 g/mol. The van der Waals surface area contributed by atoms with Gasteiger partial charge in [-0.2, -0.15) is 0 Å². The molecule has 1 N–H and O–H groups in total. The minimum atomic E-state index is -0.154. The zero-order valence-electron chi connectivity index (χ0n) is 12.2. The highest BCUT2D eigenvalue weighted by Crippen LogP contribution is 2.37. The molecule has 1 aromatic heterocycles. The molecule has 6 heteroatoms. The number of rotatable bonds is 5. The van der Waals surface area contributed by atoms with E-state index in [-0.39, 0.29) is 12.5 Å². The molecule has 0 aliphatic heterocycles. The van der Waals surface area contributed by atoms with Crippen LogP contribution in [-0.4, -0.2) is 24.0 Å². The Bertz CT molecular complexity index is 730. The topological polar surface area (TPSA) is 51.2 Å². The minimum Gasteiger partial charge on any atom is -0.480 e. The molecule has 0 spiro atoms. The number of carbonyl (C=O) groups excluding carboxylic acids is 1. The van der Waals surface area contributed by atoms with Crippen molar-refractivity contribution in [3.63, 3.8) is 0 Å². The zero-order valence-corrected chi connectivity index (χ0v) is 13.7. The summed E-state index contributed by atoms with van der Waals surface area (Å²) in [6.07, 6.45) is 2.38. The maximum Gasteiger partial charge on any atom is 0.257 e. The Kier molecular flexibility index (Phi) is 4.41. The van der Waals surface area contributed by atoms with Crippen molar-refractivity contribution in [3.05, 3.63) is 33.9 Å². The standard InChI is InChI=1S/C16H16Cl2N2O2/c1-9-2-5-11-12(17)6-13(18)16(15(11)20-9)22-8-14(21)19-7-10-3-4-10/h2,5-6,10H,3-4,7-8H2,1H3,(H,19,21). The molecule has 1 fully saturated rings. The number of ether oxygens (including phenoxy) is 1. The number of benzene rings is 1. The molecule has 22 heavy (non-hydrogen) atoms. The molecule has 116 valence electrons. The smallest absolute Gasteiger partial charge is 0.257 e. The fourth-order valence-corrected chi connectivity index (χ4v) is 2.77. The molecule has 0 bridgehead atoms. The minimum absolute atomic E-state index is 0.0845. The van der Waals surface area contributed by atoms with Gasteiger partial charge >= 0.3 is 0 Å². The van der Waals surface area contributed by atoms with Gasteiger partial charge in [0.15, 0.2) is 12.4 Å². The zero-order chi connectivity index (χ0) is 15.7. The first kappa shape index (κ1) is 15.4. The highest BCUT2D eigenvalue weighted by Gasteiger charge is 2.22. The number of nitrogens with zero attached hydrogens (tertiary/aromatic N) is 1. The Hall–Kier alpha value is -1.52. The Morgan fingerprint density at radius 1 is 1.36 bits per heavy atom. The van der Waals surface area contributed by atoms with E-state index >= 15 is 0 Å². The van der Waals surface area contributed by atoms with Gasteiger partial charge in [0.25, 0.3) is 5.91 Å². The number of aromatic nitrogens is 1. The van der Waals surface area contributed by atoms with Crippen LogP contribution in [0.15, 0.2) is 18.2 Å². The van der Waals surface area contributed by atoms with Crippen LogP contribution in [0.2, 0.25) is 10.0 Å². The van der Waals surface area contributed by atoms with Crippen molar-refractivity contribution in [3.8, 4) is 5.75 Å². The molecule has 1 aromatic carbocycles. The van der Waals surface area contributed by atoms with Gasteiger partial charge in [0, 0.05) is 17.6 Å². The third kappa shape index (κ3) is 3.45. The van der Waals surface area contributed by atoms with E-state index in [0.29, 0.717) is 33.8 Å². The van der Waals surface area contributed by atoms with Gasteiger partial charge < -0.3 is 10.1 Å². The predicted octanol–water partition coefficient (Wildman–Crippen LogP) is 3.76. The van der Waals surface area contributed by atoms with Gasteiger partial charge in [0.2, 0.25) is 0 Å². The van der Waals surface area contributed by atoms with Crippen LogP contribution in [0.3, 0.4) is 0 Å². The van der Waals surface area contributed by atoms with Gasteiger partial charge in [-0.3, -0.25) is 4.79 Å². The summed E-state index contributed by atoms with van der Waals surface area (Å²) >= 11 is 12.4. The normalized spacial score (nSPS) is 14.1. The van der Waals surface area contributed by atoms with Gasteiger partial charge in [-0.15, -0.1) is 0 Å². The van der Waals surface area contributed by atoms with Gasteiger partial charge in [-0.25, -0.2) is 4.98 Å². The van der Waals surface area contributed by atoms with Crippen molar-refractivity contribution in [1.82, 2.24) is 10.3 Å². The predicted molar refractivity (Wildman–Crippen MR) is 87.7 cm³/mol. The van der Waals surface area contributed by atoms with E-state index in [0.717, 1.165) is 11.1 Å². The second kappa shape index (κ2) is 6.31. The van der Waals surface area contributed by atoms with E-state index in [4.69, 9.17) is 27.9 Å². The third-order valence-electron chi connectivity index (χ3n) is 3.61. The van der Waals surface area contributed by atoms with Crippen LogP contribution in [0.4, 0.5) is 0 Å². The molecule has 4 nitrogen and oxygen atoms in total. The van der Waals surface area contributed by atoms with E-state index in [1.165, 1.54) is 12.8 Å². The summed E-state index contributed by atoms with van der Waals surface area (Å²) in [7, 11) is 0. The van der Waals surface area contributed by atoms with Crippen LogP contribution in [0, 0.1) is 12.8 Å². The molecule has 0 atom stereocenters. The van der Waals surface area contributed by atoms with E-state index in [2.05, 4.69) is 10.3 Å². The lowest BCUT2D eigenvalue weighted by molar-refractivity contribution is -0.123. The Balaban J connectivity index is 1.79. The SMILES string of the molecule is Cc1ccc2c(Cl)cc(Cl)c(OCC(=O)NCC3CC3)c2n1. The van der Waals surface area contributed by atoms with Crippen LogP contribution < -0.4 is 10.1 Å². The Morgan fingerprint density at radius 3 is 2.86 bits per heavy atom. The van der Waals surface area contributed by atoms with Crippen molar-refractivity contribution in [2.75, 3.05) is 13.2 Å². The second-order valence-electron chi connectivity index (χ2n) is 5.55. The Labute approximate surface area is 138 Å². The highest BCUT2D eigenvalue weighted by atomic mass is 35.5. The van der Waals surface area contributed by atoms with Gasteiger partial charge in [0.1, 0.15) is 5.52 Å². The van der Waals surface area contributed by atoms with E-state index in [1.807, 2.05) is 19.1 Å². The number of aryl methyl sites for hydroxylation is 1. The summed E-state index contributed by atoms with van der Waals surface area (Å²) in [5.41, 5.74) is 1.40. The molecule has 3 rings (SSSR count). The summed E-state index contributed by atoms with van der Waals surface area (Å²) in [6.45, 7) is 2.51. The van der Waals surface area contributed by atoms with E-state index < -0.39 is 0 Å². The molecule has 1 heterocycles. The fraction of sp³-hybridized carbons (Fsp3) is 0.375. The van der Waals surface area contributed by atoms with Crippen LogP contribution >= 0.6 is 23.2 Å². The average Bonchev–Trinajstić information content (AvgIpc) is 3.28. The lowest BCUT2D eigenvalue weighted by Gasteiger charge is -2.12. The highest BCUT2D eigenvalue weighted by molar-refractivity contribution is 6.39. The number of hydrogen-bond donors (Lipinski definition) is 1. The summed E-state index contributed by atoms with van der Waals surface area (Å²) in [6, 6.07) is 5.35. The van der Waals surface area contributed by atoms with Crippen molar-refractivity contribution in [2.24, 2.45) is 5.92 Å². The Morgan fingerprint density at radius 2 is 2.14 bits per heavy atom. The van der Waals surface area contributed by atoms with E-state index in [9.17, 15) is 4.79 Å². The first-order valence-corrected chi connectivity index (χ1v) is 7.95. The van der Waals surface area contributed by atoms with Gasteiger partial charge in [-0.05, 0) is 43.9 Å². The molecule has 1 aliphatic rings. The van der Waals surface area contributed by atoms with Crippen LogP contribution in [0.1, 0.15) is 18.5 Å². The number of nitrogens with one attached hydrogen (secondary N) is 1. The molecule has 1 amide bonds. The summed E-state index contributed by atoms with van der Waals surface area (Å²) in [5.74, 6) is 0.873. The number of hydrogen-bond acceptors (Lipinski definition) is 3. The quantitative estimate of drug-likeness (QED) is 0.903. The lowest BCUT2D eigenvalue weighted by Crippen LogP contribution is -2.30. The monoisotopic (exact) mass is 338 g/mol. The third-order valence-corrected chi connectivity index (χ3v) is 4.20. The maximum absolute atomic E-state index is 11.8. The molecule has 2 aromatic rings. The number of amides is 1. The molecule has 0 radical (unpaired) electrons. The van der Waals surface area contributed by atoms with Crippen molar-refractivity contribution in [2.45, 2.75) is 19.8 Å².